The molecule has 0 fully saturated rings. The summed E-state index contributed by atoms with van der Waals surface area (Å²) >= 11 is 6.00. The number of aryl methyl sites for hydroxylation is 1. The maximum atomic E-state index is 12.6. The molecule has 0 atom stereocenters. The third-order valence-corrected chi connectivity index (χ3v) is 4.16. The summed E-state index contributed by atoms with van der Waals surface area (Å²) in [5, 5.41) is 3.19. The Morgan fingerprint density at radius 3 is 2.50 bits per heavy atom. The summed E-state index contributed by atoms with van der Waals surface area (Å²) in [6, 6.07) is 8.08. The number of aromatic nitrogens is 2. The average molecular weight is 382 g/mol. The fraction of sp³-hybridized carbons (Fsp3) is 0.222. The van der Waals surface area contributed by atoms with Crippen LogP contribution in [0.4, 0.5) is 13.2 Å². The van der Waals surface area contributed by atoms with Gasteiger partial charge in [0.15, 0.2) is 0 Å². The molecule has 0 radical (unpaired) electrons. The molecule has 0 saturated carbocycles. The van der Waals surface area contributed by atoms with E-state index in [9.17, 15) is 18.0 Å². The average Bonchev–Trinajstić information content (AvgIpc) is 2.97. The number of imidazole rings is 1. The Kier molecular flexibility index (Phi) is 4.91. The molecule has 26 heavy (non-hydrogen) atoms. The lowest BCUT2D eigenvalue weighted by Gasteiger charge is -2.09. The molecule has 0 aliphatic heterocycles. The molecule has 2 heterocycles. The number of alkyl halides is 3. The third kappa shape index (κ3) is 3.67. The van der Waals surface area contributed by atoms with Crippen LogP contribution in [0, 0.1) is 0 Å². The summed E-state index contributed by atoms with van der Waals surface area (Å²) in [5.74, 6) is -0.364. The van der Waals surface area contributed by atoms with Gasteiger partial charge in [0.2, 0.25) is 0 Å². The Hall–Kier alpha value is -2.54. The number of amides is 1. The number of pyridine rings is 1. The molecular weight excluding hydrogens is 367 g/mol. The van der Waals surface area contributed by atoms with Crippen molar-refractivity contribution in [3.05, 3.63) is 70.1 Å². The zero-order chi connectivity index (χ0) is 18.9. The van der Waals surface area contributed by atoms with Crippen molar-refractivity contribution in [1.82, 2.24) is 14.7 Å². The van der Waals surface area contributed by atoms with E-state index in [1.807, 2.05) is 6.92 Å². The molecule has 1 amide bonds. The highest BCUT2D eigenvalue weighted by Gasteiger charge is 2.29. The Bertz CT molecular complexity index is 949. The van der Waals surface area contributed by atoms with Gasteiger partial charge in [-0.3, -0.25) is 9.20 Å². The minimum Gasteiger partial charge on any atom is -0.347 e. The topological polar surface area (TPSA) is 46.4 Å². The lowest BCUT2D eigenvalue weighted by atomic mass is 10.1. The number of benzene rings is 1. The Balaban J connectivity index is 1.80. The second-order valence-corrected chi connectivity index (χ2v) is 6.15. The number of carbonyl (C=O) groups excluding carboxylic acids is 1. The molecule has 0 spiro atoms. The van der Waals surface area contributed by atoms with E-state index in [1.54, 1.807) is 22.7 Å². The highest BCUT2D eigenvalue weighted by Crippen LogP contribution is 2.29. The van der Waals surface area contributed by atoms with E-state index in [2.05, 4.69) is 10.3 Å². The molecule has 0 aliphatic carbocycles. The molecule has 2 aromatic heterocycles. The number of fused-ring (bicyclic) bond motifs is 1. The Labute approximate surface area is 152 Å². The summed E-state index contributed by atoms with van der Waals surface area (Å²) in [5.41, 5.74) is 1.44. The predicted molar refractivity (Wildman–Crippen MR) is 92.2 cm³/mol. The van der Waals surface area contributed by atoms with Crippen LogP contribution in [-0.2, 0) is 19.1 Å². The maximum Gasteiger partial charge on any atom is 0.416 e. The van der Waals surface area contributed by atoms with E-state index in [-0.39, 0.29) is 12.5 Å². The molecule has 3 rings (SSSR count). The van der Waals surface area contributed by atoms with Crippen LogP contribution in [0.25, 0.3) is 5.65 Å². The lowest BCUT2D eigenvalue weighted by Crippen LogP contribution is -2.25. The molecule has 0 unspecified atom stereocenters. The Morgan fingerprint density at radius 2 is 1.88 bits per heavy atom. The van der Waals surface area contributed by atoms with E-state index in [0.29, 0.717) is 34.0 Å². The summed E-state index contributed by atoms with van der Waals surface area (Å²) in [4.78, 5) is 17.0. The molecule has 3 aromatic rings. The van der Waals surface area contributed by atoms with Gasteiger partial charge in [-0.25, -0.2) is 4.98 Å². The number of nitrogens with zero attached hydrogens (tertiary/aromatic N) is 2. The van der Waals surface area contributed by atoms with Crippen LogP contribution in [0.15, 0.2) is 42.6 Å². The van der Waals surface area contributed by atoms with Crippen LogP contribution in [0.5, 0.6) is 0 Å². The fourth-order valence-corrected chi connectivity index (χ4v) is 2.79. The molecule has 1 N–H and O–H groups in total. The monoisotopic (exact) mass is 381 g/mol. The second kappa shape index (κ2) is 6.99. The molecular formula is C18H15ClF3N3O. The smallest absolute Gasteiger partial charge is 0.347 e. The molecule has 0 aliphatic rings. The third-order valence-electron chi connectivity index (χ3n) is 3.94. The van der Waals surface area contributed by atoms with Gasteiger partial charge in [0.1, 0.15) is 11.3 Å². The van der Waals surface area contributed by atoms with Crippen molar-refractivity contribution < 1.29 is 18.0 Å². The summed E-state index contributed by atoms with van der Waals surface area (Å²) in [6.45, 7) is 1.99. The minimum absolute atomic E-state index is 0.105. The number of nitrogens with one attached hydrogen (secondary N) is 1. The first kappa shape index (κ1) is 18.3. The van der Waals surface area contributed by atoms with Crippen molar-refractivity contribution in [2.45, 2.75) is 26.1 Å². The SMILES string of the molecule is CCc1nc2ccc(Cl)cn2c1C(=O)NCc1ccc(C(F)(F)F)cc1. The molecule has 0 saturated heterocycles. The van der Waals surface area contributed by atoms with Crippen LogP contribution in [0.1, 0.15) is 34.2 Å². The van der Waals surface area contributed by atoms with E-state index in [0.717, 1.165) is 12.1 Å². The summed E-state index contributed by atoms with van der Waals surface area (Å²) < 4.78 is 39.4. The van der Waals surface area contributed by atoms with Crippen molar-refractivity contribution in [1.29, 1.82) is 0 Å². The second-order valence-electron chi connectivity index (χ2n) is 5.71. The van der Waals surface area contributed by atoms with Gasteiger partial charge in [-0.2, -0.15) is 13.2 Å². The lowest BCUT2D eigenvalue weighted by molar-refractivity contribution is -0.137. The van der Waals surface area contributed by atoms with Gasteiger partial charge in [0.25, 0.3) is 5.91 Å². The van der Waals surface area contributed by atoms with Gasteiger partial charge in [-0.05, 0) is 36.2 Å². The first-order valence-electron chi connectivity index (χ1n) is 7.90. The minimum atomic E-state index is -4.38. The van der Waals surface area contributed by atoms with Crippen molar-refractivity contribution in [2.24, 2.45) is 0 Å². The van der Waals surface area contributed by atoms with Gasteiger partial charge < -0.3 is 5.32 Å². The number of hydrogen-bond donors (Lipinski definition) is 1. The highest BCUT2D eigenvalue weighted by atomic mass is 35.5. The van der Waals surface area contributed by atoms with Crippen LogP contribution < -0.4 is 5.32 Å². The zero-order valence-electron chi connectivity index (χ0n) is 13.8. The van der Waals surface area contributed by atoms with E-state index < -0.39 is 11.7 Å². The molecule has 4 nitrogen and oxygen atoms in total. The van der Waals surface area contributed by atoms with Crippen LogP contribution in [-0.4, -0.2) is 15.3 Å². The van der Waals surface area contributed by atoms with E-state index >= 15 is 0 Å². The van der Waals surface area contributed by atoms with E-state index in [1.165, 1.54) is 12.1 Å². The first-order chi connectivity index (χ1) is 12.3. The molecule has 1 aromatic carbocycles. The molecule has 136 valence electrons. The molecule has 0 bridgehead atoms. The normalized spacial score (nSPS) is 11.7. The maximum absolute atomic E-state index is 12.6. The van der Waals surface area contributed by atoms with E-state index in [4.69, 9.17) is 11.6 Å². The predicted octanol–water partition coefficient (Wildman–Crippen LogP) is 4.50. The Morgan fingerprint density at radius 1 is 1.19 bits per heavy atom. The number of halogens is 4. The number of carbonyl (C=O) groups is 1. The fourth-order valence-electron chi connectivity index (χ4n) is 2.63. The van der Waals surface area contributed by atoms with Crippen molar-refractivity contribution in [3.8, 4) is 0 Å². The van der Waals surface area contributed by atoms with Crippen molar-refractivity contribution in [2.75, 3.05) is 0 Å². The standard InChI is InChI=1S/C18H15ClF3N3O/c1-2-14-16(25-10-13(19)7-8-15(25)24-14)17(26)23-9-11-3-5-12(6-4-11)18(20,21)22/h3-8,10H,2,9H2,1H3,(H,23,26). The summed E-state index contributed by atoms with van der Waals surface area (Å²) in [7, 11) is 0. The summed E-state index contributed by atoms with van der Waals surface area (Å²) in [6.07, 6.45) is -2.22. The first-order valence-corrected chi connectivity index (χ1v) is 8.28. The number of rotatable bonds is 4. The largest absolute Gasteiger partial charge is 0.416 e. The van der Waals surface area contributed by atoms with Gasteiger partial charge in [-0.1, -0.05) is 30.7 Å². The van der Waals surface area contributed by atoms with Gasteiger partial charge in [-0.15, -0.1) is 0 Å². The van der Waals surface area contributed by atoms with Crippen LogP contribution in [0.2, 0.25) is 5.02 Å². The molecule has 8 heteroatoms. The van der Waals surface area contributed by atoms with Gasteiger partial charge >= 0.3 is 6.18 Å². The quantitative estimate of drug-likeness (QED) is 0.723. The van der Waals surface area contributed by atoms with Gasteiger partial charge in [0.05, 0.1) is 16.3 Å². The van der Waals surface area contributed by atoms with Crippen LogP contribution >= 0.6 is 11.6 Å². The van der Waals surface area contributed by atoms with Crippen molar-refractivity contribution >= 4 is 23.2 Å². The highest BCUT2D eigenvalue weighted by molar-refractivity contribution is 6.30. The zero-order valence-corrected chi connectivity index (χ0v) is 14.5. The van der Waals surface area contributed by atoms with Crippen LogP contribution in [0.3, 0.4) is 0 Å². The van der Waals surface area contributed by atoms with Gasteiger partial charge in [0, 0.05) is 12.7 Å². The van der Waals surface area contributed by atoms with Crippen molar-refractivity contribution in [3.63, 3.8) is 0 Å². The number of hydrogen-bond acceptors (Lipinski definition) is 2.